The predicted molar refractivity (Wildman–Crippen MR) is 40.9 cm³/mol. The first-order valence-corrected chi connectivity index (χ1v) is 3.75. The highest BCUT2D eigenvalue weighted by molar-refractivity contribution is 5.45. The number of rotatable bonds is 2. The molecule has 7 heteroatoms. The largest absolute Gasteiger partial charge is 0.405 e. The fourth-order valence-electron chi connectivity index (χ4n) is 0.858. The first-order valence-electron chi connectivity index (χ1n) is 3.75. The minimum Gasteiger partial charge on any atom is -0.374 e. The van der Waals surface area contributed by atoms with Crippen molar-refractivity contribution in [2.45, 2.75) is 6.18 Å². The highest BCUT2D eigenvalue weighted by Crippen LogP contribution is 2.21. The van der Waals surface area contributed by atoms with Gasteiger partial charge in [0.1, 0.15) is 6.54 Å². The summed E-state index contributed by atoms with van der Waals surface area (Å²) in [5, 5.41) is 1.61. The highest BCUT2D eigenvalue weighted by atomic mass is 19.4. The molecule has 0 heterocycles. The van der Waals surface area contributed by atoms with E-state index in [0.717, 1.165) is 0 Å². The molecule has 0 saturated heterocycles. The Labute approximate surface area is 80.7 Å². The van der Waals surface area contributed by atoms with Crippen LogP contribution in [0.5, 0.6) is 0 Å². The topological polar surface area (TPSA) is 12.0 Å². The number of anilines is 1. The smallest absolute Gasteiger partial charge is 0.374 e. The molecule has 1 N–H and O–H groups in total. The van der Waals surface area contributed by atoms with E-state index in [-0.39, 0.29) is 0 Å². The molecule has 0 bridgehead atoms. The quantitative estimate of drug-likeness (QED) is 0.607. The van der Waals surface area contributed by atoms with Gasteiger partial charge in [0.25, 0.3) is 0 Å². The molecule has 1 aromatic carbocycles. The van der Waals surface area contributed by atoms with E-state index in [1.807, 2.05) is 0 Å². The van der Waals surface area contributed by atoms with Crippen LogP contribution in [0.4, 0.5) is 32.0 Å². The fourth-order valence-corrected chi connectivity index (χ4v) is 0.858. The van der Waals surface area contributed by atoms with Gasteiger partial charge in [-0.2, -0.15) is 13.2 Å². The van der Waals surface area contributed by atoms with Crippen LogP contribution in [0.2, 0.25) is 0 Å². The number of halogens is 6. The van der Waals surface area contributed by atoms with Crippen LogP contribution >= 0.6 is 0 Å². The van der Waals surface area contributed by atoms with Crippen molar-refractivity contribution in [1.82, 2.24) is 0 Å². The Bertz CT molecular complexity index is 359. The van der Waals surface area contributed by atoms with E-state index < -0.39 is 35.9 Å². The molecule has 1 nitrogen and oxygen atoms in total. The third-order valence-corrected chi connectivity index (χ3v) is 1.51. The lowest BCUT2D eigenvalue weighted by molar-refractivity contribution is -0.115. The standard InChI is InChI=1S/C8H5F6N/c9-4-1-2-5(7(11)6(4)10)15-3-8(12,13)14/h1-2,15H,3H2. The molecule has 15 heavy (non-hydrogen) atoms. The van der Waals surface area contributed by atoms with E-state index >= 15 is 0 Å². The number of alkyl halides is 3. The van der Waals surface area contributed by atoms with Gasteiger partial charge < -0.3 is 5.32 Å². The van der Waals surface area contributed by atoms with E-state index in [9.17, 15) is 26.3 Å². The van der Waals surface area contributed by atoms with E-state index in [0.29, 0.717) is 12.1 Å². The minimum absolute atomic E-state index is 0.539. The van der Waals surface area contributed by atoms with Crippen molar-refractivity contribution in [2.75, 3.05) is 11.9 Å². The average molecular weight is 229 g/mol. The molecule has 1 aromatic rings. The van der Waals surface area contributed by atoms with Crippen molar-refractivity contribution >= 4 is 5.69 Å². The first kappa shape index (κ1) is 11.7. The number of hydrogen-bond donors (Lipinski definition) is 1. The summed E-state index contributed by atoms with van der Waals surface area (Å²) in [5.41, 5.74) is -0.730. The lowest BCUT2D eigenvalue weighted by Gasteiger charge is -2.10. The summed E-state index contributed by atoms with van der Waals surface area (Å²) in [4.78, 5) is 0. The molecule has 0 saturated carbocycles. The van der Waals surface area contributed by atoms with Crippen LogP contribution in [0.25, 0.3) is 0 Å². The zero-order valence-electron chi connectivity index (χ0n) is 7.13. The Balaban J connectivity index is 2.83. The van der Waals surface area contributed by atoms with Gasteiger partial charge in [0, 0.05) is 0 Å². The van der Waals surface area contributed by atoms with Crippen molar-refractivity contribution in [3.63, 3.8) is 0 Å². The zero-order chi connectivity index (χ0) is 11.6. The Hall–Kier alpha value is -1.40. The SMILES string of the molecule is Fc1ccc(NCC(F)(F)F)c(F)c1F. The van der Waals surface area contributed by atoms with Gasteiger partial charge in [-0.25, -0.2) is 13.2 Å². The molecule has 84 valence electrons. The summed E-state index contributed by atoms with van der Waals surface area (Å²) in [6, 6.07) is 1.23. The van der Waals surface area contributed by atoms with Crippen molar-refractivity contribution < 1.29 is 26.3 Å². The van der Waals surface area contributed by atoms with E-state index in [1.165, 1.54) is 0 Å². The Morgan fingerprint density at radius 3 is 2.13 bits per heavy atom. The van der Waals surface area contributed by atoms with Crippen LogP contribution in [-0.2, 0) is 0 Å². The van der Waals surface area contributed by atoms with Gasteiger partial charge in [-0.1, -0.05) is 0 Å². The molecule has 0 unspecified atom stereocenters. The molecule has 0 radical (unpaired) electrons. The number of hydrogen-bond acceptors (Lipinski definition) is 1. The van der Waals surface area contributed by atoms with Gasteiger partial charge in [0.2, 0.25) is 0 Å². The van der Waals surface area contributed by atoms with E-state index in [1.54, 1.807) is 5.32 Å². The molecule has 1 rings (SSSR count). The number of nitrogens with one attached hydrogen (secondary N) is 1. The third-order valence-electron chi connectivity index (χ3n) is 1.51. The van der Waals surface area contributed by atoms with Gasteiger partial charge >= 0.3 is 6.18 Å². The van der Waals surface area contributed by atoms with E-state index in [2.05, 4.69) is 0 Å². The van der Waals surface area contributed by atoms with Crippen molar-refractivity contribution in [3.8, 4) is 0 Å². The maximum atomic E-state index is 12.8. The van der Waals surface area contributed by atoms with Crippen LogP contribution in [0.1, 0.15) is 0 Å². The second-order valence-electron chi connectivity index (χ2n) is 2.69. The molecule has 0 spiro atoms. The van der Waals surface area contributed by atoms with Crippen molar-refractivity contribution in [1.29, 1.82) is 0 Å². The molecule has 0 aliphatic carbocycles. The lowest BCUT2D eigenvalue weighted by atomic mass is 10.3. The van der Waals surface area contributed by atoms with Gasteiger partial charge in [0.15, 0.2) is 17.5 Å². The molecule has 0 amide bonds. The summed E-state index contributed by atoms with van der Waals surface area (Å²) in [5.74, 6) is -4.92. The summed E-state index contributed by atoms with van der Waals surface area (Å²) in [7, 11) is 0. The summed E-state index contributed by atoms with van der Waals surface area (Å²) in [6.07, 6.45) is -4.56. The monoisotopic (exact) mass is 229 g/mol. The molecule has 0 atom stereocenters. The lowest BCUT2D eigenvalue weighted by Crippen LogP contribution is -2.22. The van der Waals surface area contributed by atoms with E-state index in [4.69, 9.17) is 0 Å². The Morgan fingerprint density at radius 1 is 1.00 bits per heavy atom. The van der Waals surface area contributed by atoms with Gasteiger partial charge in [-0.3, -0.25) is 0 Å². The first-order chi connectivity index (χ1) is 6.81. The highest BCUT2D eigenvalue weighted by Gasteiger charge is 2.27. The summed E-state index contributed by atoms with van der Waals surface area (Å²) < 4.78 is 72.8. The second kappa shape index (κ2) is 4.00. The van der Waals surface area contributed by atoms with Gasteiger partial charge in [0.05, 0.1) is 5.69 Å². The predicted octanol–water partition coefficient (Wildman–Crippen LogP) is 3.08. The molecule has 0 aromatic heterocycles. The fraction of sp³-hybridized carbons (Fsp3) is 0.250. The van der Waals surface area contributed by atoms with Crippen LogP contribution in [0.3, 0.4) is 0 Å². The molecule has 0 aliphatic heterocycles. The number of benzene rings is 1. The Morgan fingerprint density at radius 2 is 1.60 bits per heavy atom. The second-order valence-corrected chi connectivity index (χ2v) is 2.69. The molecular formula is C8H5F6N. The maximum Gasteiger partial charge on any atom is 0.405 e. The van der Waals surface area contributed by atoms with Gasteiger partial charge in [-0.05, 0) is 12.1 Å². The van der Waals surface area contributed by atoms with Crippen LogP contribution in [0, 0.1) is 17.5 Å². The van der Waals surface area contributed by atoms with Crippen LogP contribution in [0.15, 0.2) is 12.1 Å². The van der Waals surface area contributed by atoms with Gasteiger partial charge in [-0.15, -0.1) is 0 Å². The third kappa shape index (κ3) is 3.03. The minimum atomic E-state index is -4.56. The van der Waals surface area contributed by atoms with Crippen LogP contribution < -0.4 is 5.32 Å². The maximum absolute atomic E-state index is 12.8. The average Bonchev–Trinajstić information content (AvgIpc) is 2.12. The molecular weight excluding hydrogens is 224 g/mol. The Kier molecular flexibility index (Phi) is 3.11. The zero-order valence-corrected chi connectivity index (χ0v) is 7.13. The molecule has 0 fully saturated rings. The van der Waals surface area contributed by atoms with Crippen molar-refractivity contribution in [2.24, 2.45) is 0 Å². The summed E-state index contributed by atoms with van der Waals surface area (Å²) in [6.45, 7) is -1.52. The van der Waals surface area contributed by atoms with Crippen molar-refractivity contribution in [3.05, 3.63) is 29.6 Å². The normalized spacial score (nSPS) is 11.6. The van der Waals surface area contributed by atoms with Crippen LogP contribution in [-0.4, -0.2) is 12.7 Å². The molecule has 0 aliphatic rings. The summed E-state index contributed by atoms with van der Waals surface area (Å²) >= 11 is 0.